The first kappa shape index (κ1) is 17.4. The summed E-state index contributed by atoms with van der Waals surface area (Å²) >= 11 is 12.1. The van der Waals surface area contributed by atoms with Gasteiger partial charge in [-0.05, 0) is 35.7 Å². The molecule has 3 rings (SSSR count). The Morgan fingerprint density at radius 1 is 1.28 bits per heavy atom. The number of aliphatic imine (C=N–C) groups is 1. The number of pyridine rings is 1. The third kappa shape index (κ3) is 3.52. The maximum absolute atomic E-state index is 14.2. The molecule has 1 aromatic heterocycles. The van der Waals surface area contributed by atoms with E-state index < -0.39 is 6.03 Å². The van der Waals surface area contributed by atoms with E-state index in [1.54, 1.807) is 12.1 Å². The Kier molecular flexibility index (Phi) is 4.78. The number of guanidine groups is 1. The van der Waals surface area contributed by atoms with Crippen LogP contribution >= 0.6 is 23.2 Å². The van der Waals surface area contributed by atoms with Crippen molar-refractivity contribution in [3.05, 3.63) is 51.4 Å². The zero-order valence-electron chi connectivity index (χ0n) is 13.0. The molecule has 2 amide bonds. The third-order valence-corrected chi connectivity index (χ3v) is 4.41. The number of benzene rings is 1. The van der Waals surface area contributed by atoms with Gasteiger partial charge in [-0.3, -0.25) is 4.98 Å². The molecular weight excluding hydrogens is 368 g/mol. The number of carbonyl (C=O) groups excluding carboxylic acids is 1. The average molecular weight is 382 g/mol. The van der Waals surface area contributed by atoms with Crippen LogP contribution in [0, 0.1) is 5.82 Å². The molecule has 9 heteroatoms. The lowest BCUT2D eigenvalue weighted by atomic mass is 9.92. The van der Waals surface area contributed by atoms with Crippen LogP contribution in [0.2, 0.25) is 10.0 Å². The summed E-state index contributed by atoms with van der Waals surface area (Å²) in [7, 11) is 0. The highest BCUT2D eigenvalue weighted by Gasteiger charge is 2.26. The second-order valence-corrected chi connectivity index (χ2v) is 6.37. The zero-order chi connectivity index (χ0) is 18.1. The average Bonchev–Trinajstić information content (AvgIpc) is 2.55. The quantitative estimate of drug-likeness (QED) is 0.585. The van der Waals surface area contributed by atoms with Crippen molar-refractivity contribution in [3.63, 3.8) is 0 Å². The SMILES string of the molecule is NC(N)=NC(=O)N1CCc2c(F)ccc(-c3ncc(Cl)cc3Cl)c2C1. The highest BCUT2D eigenvalue weighted by molar-refractivity contribution is 6.36. The smallest absolute Gasteiger partial charge is 0.347 e. The topological polar surface area (TPSA) is 97.6 Å². The summed E-state index contributed by atoms with van der Waals surface area (Å²) in [5.74, 6) is -0.657. The second-order valence-electron chi connectivity index (χ2n) is 5.53. The fraction of sp³-hybridized carbons (Fsp3) is 0.188. The molecule has 0 spiro atoms. The summed E-state index contributed by atoms with van der Waals surface area (Å²) < 4.78 is 14.2. The van der Waals surface area contributed by atoms with Crippen molar-refractivity contribution in [3.8, 4) is 11.3 Å². The van der Waals surface area contributed by atoms with Crippen molar-refractivity contribution in [1.82, 2.24) is 9.88 Å². The van der Waals surface area contributed by atoms with E-state index in [4.69, 9.17) is 34.7 Å². The lowest BCUT2D eigenvalue weighted by molar-refractivity contribution is 0.202. The standard InChI is InChI=1S/C16H14Cl2FN5O/c17-8-5-12(18)14(22-6-8)10-1-2-13(19)9-3-4-24(7-11(9)10)16(25)23-15(20)21/h1-2,5-6H,3-4,7H2,(H4,20,21,23,25). The van der Waals surface area contributed by atoms with E-state index in [9.17, 15) is 9.18 Å². The highest BCUT2D eigenvalue weighted by Crippen LogP contribution is 2.35. The maximum Gasteiger partial charge on any atom is 0.347 e. The van der Waals surface area contributed by atoms with Crippen LogP contribution in [0.1, 0.15) is 11.1 Å². The Morgan fingerprint density at radius 3 is 2.72 bits per heavy atom. The summed E-state index contributed by atoms with van der Waals surface area (Å²) in [6, 6.07) is 3.95. The van der Waals surface area contributed by atoms with Crippen molar-refractivity contribution < 1.29 is 9.18 Å². The summed E-state index contributed by atoms with van der Waals surface area (Å²) in [4.78, 5) is 21.3. The molecule has 0 unspecified atom stereocenters. The van der Waals surface area contributed by atoms with E-state index in [1.165, 1.54) is 17.2 Å². The molecule has 2 heterocycles. The Bertz CT molecular complexity index is 883. The van der Waals surface area contributed by atoms with Crippen molar-refractivity contribution >= 4 is 35.2 Å². The van der Waals surface area contributed by atoms with Crippen LogP contribution < -0.4 is 11.5 Å². The number of aromatic nitrogens is 1. The van der Waals surface area contributed by atoms with Gasteiger partial charge in [0, 0.05) is 24.8 Å². The van der Waals surface area contributed by atoms with Crippen LogP contribution in [0.4, 0.5) is 9.18 Å². The minimum atomic E-state index is -0.573. The Hall–Kier alpha value is -2.38. The molecule has 0 radical (unpaired) electrons. The van der Waals surface area contributed by atoms with E-state index in [0.717, 1.165) is 0 Å². The van der Waals surface area contributed by atoms with Crippen LogP contribution in [0.15, 0.2) is 29.4 Å². The number of hydrogen-bond acceptors (Lipinski definition) is 2. The van der Waals surface area contributed by atoms with Gasteiger partial charge < -0.3 is 16.4 Å². The number of nitrogens with two attached hydrogens (primary N) is 2. The predicted molar refractivity (Wildman–Crippen MR) is 95.0 cm³/mol. The maximum atomic E-state index is 14.2. The second kappa shape index (κ2) is 6.85. The predicted octanol–water partition coefficient (Wildman–Crippen LogP) is 2.95. The van der Waals surface area contributed by atoms with Crippen LogP contribution in [-0.2, 0) is 13.0 Å². The number of urea groups is 1. The van der Waals surface area contributed by atoms with Crippen molar-refractivity contribution in [2.24, 2.45) is 16.5 Å². The van der Waals surface area contributed by atoms with E-state index in [1.807, 2.05) is 0 Å². The number of hydrogen-bond donors (Lipinski definition) is 2. The molecule has 4 N–H and O–H groups in total. The van der Waals surface area contributed by atoms with Gasteiger partial charge in [-0.2, -0.15) is 4.99 Å². The number of rotatable bonds is 1. The van der Waals surface area contributed by atoms with E-state index in [0.29, 0.717) is 45.4 Å². The first-order valence-corrected chi connectivity index (χ1v) is 8.12. The summed E-state index contributed by atoms with van der Waals surface area (Å²) in [6.07, 6.45) is 1.80. The number of amides is 2. The van der Waals surface area contributed by atoms with Crippen LogP contribution in [0.3, 0.4) is 0 Å². The molecule has 1 aliphatic heterocycles. The minimum Gasteiger partial charge on any atom is -0.370 e. The molecule has 0 fully saturated rings. The van der Waals surface area contributed by atoms with Crippen molar-refractivity contribution in [2.75, 3.05) is 6.54 Å². The monoisotopic (exact) mass is 381 g/mol. The lowest BCUT2D eigenvalue weighted by Crippen LogP contribution is -2.37. The summed E-state index contributed by atoms with van der Waals surface area (Å²) in [6.45, 7) is 0.462. The Morgan fingerprint density at radius 2 is 2.04 bits per heavy atom. The largest absolute Gasteiger partial charge is 0.370 e. The molecule has 0 atom stereocenters. The Labute approximate surface area is 153 Å². The molecule has 25 heavy (non-hydrogen) atoms. The molecule has 130 valence electrons. The first-order valence-electron chi connectivity index (χ1n) is 7.37. The first-order chi connectivity index (χ1) is 11.9. The lowest BCUT2D eigenvalue weighted by Gasteiger charge is -2.29. The molecule has 6 nitrogen and oxygen atoms in total. The van der Waals surface area contributed by atoms with E-state index in [-0.39, 0.29) is 18.3 Å². The third-order valence-electron chi connectivity index (χ3n) is 3.91. The van der Waals surface area contributed by atoms with Gasteiger partial charge in [0.2, 0.25) is 0 Å². The van der Waals surface area contributed by atoms with Gasteiger partial charge >= 0.3 is 6.03 Å². The van der Waals surface area contributed by atoms with Crippen LogP contribution in [0.5, 0.6) is 0 Å². The molecule has 0 aliphatic carbocycles. The molecule has 0 saturated heterocycles. The van der Waals surface area contributed by atoms with Gasteiger partial charge in [0.25, 0.3) is 0 Å². The van der Waals surface area contributed by atoms with Crippen LogP contribution in [0.25, 0.3) is 11.3 Å². The molecule has 0 saturated carbocycles. The van der Waals surface area contributed by atoms with Crippen molar-refractivity contribution in [2.45, 2.75) is 13.0 Å². The molecule has 1 aliphatic rings. The van der Waals surface area contributed by atoms with Gasteiger partial charge in [-0.15, -0.1) is 0 Å². The minimum absolute atomic E-state index is 0.151. The van der Waals surface area contributed by atoms with Gasteiger partial charge in [0.1, 0.15) is 5.82 Å². The van der Waals surface area contributed by atoms with E-state index in [2.05, 4.69) is 9.98 Å². The molecule has 1 aromatic carbocycles. The highest BCUT2D eigenvalue weighted by atomic mass is 35.5. The number of nitrogens with zero attached hydrogens (tertiary/aromatic N) is 3. The molecular formula is C16H14Cl2FN5O. The van der Waals surface area contributed by atoms with Gasteiger partial charge in [0.05, 0.1) is 15.7 Å². The van der Waals surface area contributed by atoms with Gasteiger partial charge in [-0.25, -0.2) is 9.18 Å². The normalized spacial score (nSPS) is 13.3. The molecule has 2 aromatic rings. The number of carbonyl (C=O) groups is 1. The Balaban J connectivity index is 2.07. The summed E-state index contributed by atoms with van der Waals surface area (Å²) in [5, 5.41) is 0.739. The fourth-order valence-electron chi connectivity index (χ4n) is 2.81. The van der Waals surface area contributed by atoms with Gasteiger partial charge in [0.15, 0.2) is 5.96 Å². The molecule has 0 bridgehead atoms. The fourth-order valence-corrected chi connectivity index (χ4v) is 3.29. The van der Waals surface area contributed by atoms with Gasteiger partial charge in [-0.1, -0.05) is 23.2 Å². The number of halogens is 3. The summed E-state index contributed by atoms with van der Waals surface area (Å²) in [5.41, 5.74) is 12.8. The zero-order valence-corrected chi connectivity index (χ0v) is 14.5. The van der Waals surface area contributed by atoms with Crippen molar-refractivity contribution in [1.29, 1.82) is 0 Å². The number of fused-ring (bicyclic) bond motifs is 1. The van der Waals surface area contributed by atoms with Crippen LogP contribution in [-0.4, -0.2) is 28.4 Å². The van der Waals surface area contributed by atoms with E-state index >= 15 is 0 Å².